The molecule has 0 aliphatic rings. The summed E-state index contributed by atoms with van der Waals surface area (Å²) in [5.74, 6) is 0.127. The summed E-state index contributed by atoms with van der Waals surface area (Å²) in [5.41, 5.74) is 1.08. The van der Waals surface area contributed by atoms with Crippen molar-refractivity contribution in [2.45, 2.75) is 6.92 Å². The summed E-state index contributed by atoms with van der Waals surface area (Å²) < 4.78 is 24.9. The zero-order valence-electron chi connectivity index (χ0n) is 9.68. The summed E-state index contributed by atoms with van der Waals surface area (Å²) in [5, 5.41) is 0. The molecule has 0 atom stereocenters. The van der Waals surface area contributed by atoms with Crippen LogP contribution in [0.5, 0.6) is 0 Å². The van der Waals surface area contributed by atoms with Crippen LogP contribution in [-0.4, -0.2) is 34.3 Å². The molecule has 4 nitrogen and oxygen atoms in total. The van der Waals surface area contributed by atoms with Crippen LogP contribution in [0.25, 0.3) is 0 Å². The number of sulfonamides is 1. The maximum absolute atomic E-state index is 11.2. The van der Waals surface area contributed by atoms with Gasteiger partial charge in [-0.1, -0.05) is 18.2 Å². The van der Waals surface area contributed by atoms with Gasteiger partial charge in [0.15, 0.2) is 0 Å². The quantitative estimate of drug-likeness (QED) is 0.811. The zero-order valence-corrected chi connectivity index (χ0v) is 10.5. The van der Waals surface area contributed by atoms with Gasteiger partial charge in [-0.25, -0.2) is 13.1 Å². The van der Waals surface area contributed by atoms with Crippen LogP contribution in [0, 0.1) is 0 Å². The van der Waals surface area contributed by atoms with Crippen LogP contribution in [0.15, 0.2) is 30.3 Å². The molecule has 0 aromatic heterocycles. The Morgan fingerprint density at radius 1 is 1.25 bits per heavy atom. The number of hydrogen-bond acceptors (Lipinski definition) is 3. The second-order valence-electron chi connectivity index (χ2n) is 3.55. The predicted octanol–water partition coefficient (Wildman–Crippen LogP) is 1.06. The molecule has 0 fully saturated rings. The molecular weight excluding hydrogens is 224 g/mol. The van der Waals surface area contributed by atoms with Crippen LogP contribution >= 0.6 is 0 Å². The van der Waals surface area contributed by atoms with E-state index in [9.17, 15) is 8.42 Å². The lowest BCUT2D eigenvalue weighted by molar-refractivity contribution is 0.583. The van der Waals surface area contributed by atoms with Crippen molar-refractivity contribution in [1.82, 2.24) is 4.72 Å². The van der Waals surface area contributed by atoms with Gasteiger partial charge in [0.1, 0.15) is 0 Å². The summed E-state index contributed by atoms with van der Waals surface area (Å²) in [4.78, 5) is 2.01. The van der Waals surface area contributed by atoms with Crippen molar-refractivity contribution in [3.63, 3.8) is 0 Å². The molecule has 1 aromatic rings. The molecule has 90 valence electrons. The number of anilines is 1. The normalized spacial score (nSPS) is 11.4. The molecule has 0 saturated heterocycles. The van der Waals surface area contributed by atoms with Crippen LogP contribution in [0.2, 0.25) is 0 Å². The smallest absolute Gasteiger partial charge is 0.211 e. The minimum Gasteiger partial charge on any atom is -0.373 e. The van der Waals surface area contributed by atoms with E-state index < -0.39 is 10.0 Å². The Bertz CT molecular complexity index is 403. The van der Waals surface area contributed by atoms with E-state index in [0.717, 1.165) is 5.69 Å². The Balaban J connectivity index is 2.40. The van der Waals surface area contributed by atoms with E-state index >= 15 is 0 Å². The largest absolute Gasteiger partial charge is 0.373 e. The monoisotopic (exact) mass is 242 g/mol. The van der Waals surface area contributed by atoms with E-state index in [4.69, 9.17) is 0 Å². The molecule has 0 radical (unpaired) electrons. The molecule has 5 heteroatoms. The molecule has 0 spiro atoms. The van der Waals surface area contributed by atoms with Gasteiger partial charge in [-0.05, 0) is 19.1 Å². The van der Waals surface area contributed by atoms with E-state index in [2.05, 4.69) is 4.72 Å². The van der Waals surface area contributed by atoms with Crippen LogP contribution in [0.3, 0.4) is 0 Å². The number of nitrogens with one attached hydrogen (secondary N) is 1. The number of hydrogen-bond donors (Lipinski definition) is 1. The van der Waals surface area contributed by atoms with Crippen molar-refractivity contribution in [2.24, 2.45) is 0 Å². The number of likely N-dealkylation sites (N-methyl/N-ethyl adjacent to an activating group) is 1. The zero-order chi connectivity index (χ0) is 12.0. The molecule has 0 aliphatic heterocycles. The van der Waals surface area contributed by atoms with E-state index in [1.807, 2.05) is 42.3 Å². The van der Waals surface area contributed by atoms with Crippen LogP contribution < -0.4 is 9.62 Å². The third-order valence-corrected chi connectivity index (χ3v) is 3.75. The average Bonchev–Trinajstić information content (AvgIpc) is 2.30. The number of rotatable bonds is 6. The first-order chi connectivity index (χ1) is 7.55. The number of nitrogens with zero attached hydrogens (tertiary/aromatic N) is 1. The minimum atomic E-state index is -3.07. The highest BCUT2D eigenvalue weighted by atomic mass is 32.2. The molecule has 0 heterocycles. The van der Waals surface area contributed by atoms with Crippen LogP contribution in [0.1, 0.15) is 6.92 Å². The molecule has 0 aliphatic carbocycles. The average molecular weight is 242 g/mol. The lowest BCUT2D eigenvalue weighted by Crippen LogP contribution is -2.33. The maximum Gasteiger partial charge on any atom is 0.211 e. The van der Waals surface area contributed by atoms with E-state index in [0.29, 0.717) is 13.1 Å². The molecule has 0 bridgehead atoms. The third-order valence-electron chi connectivity index (χ3n) is 2.35. The van der Waals surface area contributed by atoms with Crippen molar-refractivity contribution in [1.29, 1.82) is 0 Å². The van der Waals surface area contributed by atoms with Crippen LogP contribution in [-0.2, 0) is 10.0 Å². The van der Waals surface area contributed by atoms with Crippen LogP contribution in [0.4, 0.5) is 5.69 Å². The fourth-order valence-electron chi connectivity index (χ4n) is 1.28. The standard InChI is InChI=1S/C11H18N2O2S/c1-3-16(14,15)12-9-10-13(2)11-7-5-4-6-8-11/h4-8,12H,3,9-10H2,1-2H3. The van der Waals surface area contributed by atoms with Gasteiger partial charge in [-0.3, -0.25) is 0 Å². The van der Waals surface area contributed by atoms with Gasteiger partial charge in [0, 0.05) is 25.8 Å². The van der Waals surface area contributed by atoms with Crippen molar-refractivity contribution in [3.05, 3.63) is 30.3 Å². The van der Waals surface area contributed by atoms with Gasteiger partial charge in [-0.15, -0.1) is 0 Å². The van der Waals surface area contributed by atoms with Crippen molar-refractivity contribution >= 4 is 15.7 Å². The summed E-state index contributed by atoms with van der Waals surface area (Å²) in [6.45, 7) is 2.72. The molecular formula is C11H18N2O2S. The second-order valence-corrected chi connectivity index (χ2v) is 5.65. The van der Waals surface area contributed by atoms with Crippen molar-refractivity contribution in [2.75, 3.05) is 30.8 Å². The summed E-state index contributed by atoms with van der Waals surface area (Å²) in [7, 11) is -1.13. The van der Waals surface area contributed by atoms with E-state index in [-0.39, 0.29) is 5.75 Å². The Labute approximate surface area is 97.3 Å². The maximum atomic E-state index is 11.2. The highest BCUT2D eigenvalue weighted by molar-refractivity contribution is 7.89. The van der Waals surface area contributed by atoms with Gasteiger partial charge in [-0.2, -0.15) is 0 Å². The molecule has 1 aromatic carbocycles. The molecule has 1 rings (SSSR count). The first kappa shape index (κ1) is 13.0. The van der Waals surface area contributed by atoms with E-state index in [1.165, 1.54) is 0 Å². The van der Waals surface area contributed by atoms with Crippen molar-refractivity contribution in [3.8, 4) is 0 Å². The predicted molar refractivity (Wildman–Crippen MR) is 67.2 cm³/mol. The number of benzene rings is 1. The van der Waals surface area contributed by atoms with Crippen molar-refractivity contribution < 1.29 is 8.42 Å². The first-order valence-electron chi connectivity index (χ1n) is 5.28. The topological polar surface area (TPSA) is 49.4 Å². The lowest BCUT2D eigenvalue weighted by atomic mass is 10.3. The van der Waals surface area contributed by atoms with Gasteiger partial charge in [0.2, 0.25) is 10.0 Å². The molecule has 1 N–H and O–H groups in total. The Morgan fingerprint density at radius 3 is 2.44 bits per heavy atom. The fraction of sp³-hybridized carbons (Fsp3) is 0.455. The highest BCUT2D eigenvalue weighted by Gasteiger charge is 2.06. The molecule has 0 saturated carbocycles. The Kier molecular flexibility index (Phi) is 4.76. The lowest BCUT2D eigenvalue weighted by Gasteiger charge is -2.19. The van der Waals surface area contributed by atoms with Gasteiger partial charge in [0.05, 0.1) is 5.75 Å². The highest BCUT2D eigenvalue weighted by Crippen LogP contribution is 2.09. The minimum absolute atomic E-state index is 0.127. The SMILES string of the molecule is CCS(=O)(=O)NCCN(C)c1ccccc1. The van der Waals surface area contributed by atoms with E-state index in [1.54, 1.807) is 6.92 Å². The summed E-state index contributed by atoms with van der Waals surface area (Å²) in [6.07, 6.45) is 0. The fourth-order valence-corrected chi connectivity index (χ4v) is 1.89. The number of para-hydroxylation sites is 1. The summed E-state index contributed by atoms with van der Waals surface area (Å²) >= 11 is 0. The Morgan fingerprint density at radius 2 is 1.88 bits per heavy atom. The second kappa shape index (κ2) is 5.86. The molecule has 0 amide bonds. The van der Waals surface area contributed by atoms with Gasteiger partial charge < -0.3 is 4.90 Å². The summed E-state index contributed by atoms with van der Waals surface area (Å²) in [6, 6.07) is 9.86. The van der Waals surface area contributed by atoms with Gasteiger partial charge >= 0.3 is 0 Å². The molecule has 16 heavy (non-hydrogen) atoms. The first-order valence-corrected chi connectivity index (χ1v) is 6.94. The molecule has 0 unspecified atom stereocenters. The third kappa shape index (κ3) is 4.20. The Hall–Kier alpha value is -1.07. The van der Waals surface area contributed by atoms with Gasteiger partial charge in [0.25, 0.3) is 0 Å².